The van der Waals surface area contributed by atoms with Gasteiger partial charge in [0.05, 0.1) is 6.04 Å². The van der Waals surface area contributed by atoms with Crippen molar-refractivity contribution >= 4 is 34.9 Å². The molecule has 5 nitrogen and oxygen atoms in total. The van der Waals surface area contributed by atoms with E-state index < -0.39 is 5.82 Å². The van der Waals surface area contributed by atoms with E-state index in [1.807, 2.05) is 24.3 Å². The van der Waals surface area contributed by atoms with E-state index in [4.69, 9.17) is 11.6 Å². The lowest BCUT2D eigenvalue weighted by molar-refractivity contribution is 0.102. The number of benzene rings is 3. The monoisotopic (exact) mass is 423 g/mol. The number of nitrogens with zero attached hydrogens (tertiary/aromatic N) is 1. The van der Waals surface area contributed by atoms with Crippen molar-refractivity contribution in [3.05, 3.63) is 94.8 Å². The summed E-state index contributed by atoms with van der Waals surface area (Å²) in [6.07, 6.45) is 0.880. The quantitative estimate of drug-likeness (QED) is 0.564. The van der Waals surface area contributed by atoms with Crippen LogP contribution >= 0.6 is 11.6 Å². The van der Waals surface area contributed by atoms with Gasteiger partial charge in [0.1, 0.15) is 5.82 Å². The van der Waals surface area contributed by atoms with Crippen LogP contribution in [0.25, 0.3) is 0 Å². The molecule has 1 atom stereocenters. The fourth-order valence-corrected chi connectivity index (χ4v) is 3.49. The van der Waals surface area contributed by atoms with Crippen LogP contribution in [0.4, 0.5) is 20.6 Å². The average Bonchev–Trinajstić information content (AvgIpc) is 2.69. The summed E-state index contributed by atoms with van der Waals surface area (Å²) in [5.74, 6) is -0.821. The largest absolute Gasteiger partial charge is 0.322 e. The van der Waals surface area contributed by atoms with Gasteiger partial charge in [-0.05, 0) is 60.5 Å². The van der Waals surface area contributed by atoms with Crippen molar-refractivity contribution in [1.82, 2.24) is 4.90 Å². The van der Waals surface area contributed by atoms with Crippen LogP contribution in [0.1, 0.15) is 28.4 Å². The Morgan fingerprint density at radius 3 is 2.30 bits per heavy atom. The highest BCUT2D eigenvalue weighted by Crippen LogP contribution is 2.34. The number of likely N-dealkylation sites (tertiary alicyclic amines) is 1. The van der Waals surface area contributed by atoms with Crippen molar-refractivity contribution in [2.24, 2.45) is 0 Å². The highest BCUT2D eigenvalue weighted by atomic mass is 35.5. The van der Waals surface area contributed by atoms with Gasteiger partial charge in [-0.1, -0.05) is 35.9 Å². The Balaban J connectivity index is 1.42. The number of amides is 3. The van der Waals surface area contributed by atoms with Crippen LogP contribution in [-0.4, -0.2) is 23.4 Å². The molecule has 7 heteroatoms. The van der Waals surface area contributed by atoms with Crippen molar-refractivity contribution in [2.45, 2.75) is 12.5 Å². The molecular weight excluding hydrogens is 405 g/mol. The first-order valence-electron chi connectivity index (χ1n) is 9.50. The average molecular weight is 424 g/mol. The van der Waals surface area contributed by atoms with Crippen molar-refractivity contribution < 1.29 is 14.0 Å². The summed E-state index contributed by atoms with van der Waals surface area (Å²) in [4.78, 5) is 26.9. The first-order valence-corrected chi connectivity index (χ1v) is 9.87. The van der Waals surface area contributed by atoms with Gasteiger partial charge in [-0.3, -0.25) is 4.79 Å². The van der Waals surface area contributed by atoms with Crippen molar-refractivity contribution in [3.63, 3.8) is 0 Å². The molecule has 0 bridgehead atoms. The van der Waals surface area contributed by atoms with Crippen LogP contribution in [0.5, 0.6) is 0 Å². The van der Waals surface area contributed by atoms with Gasteiger partial charge in [0.15, 0.2) is 0 Å². The first-order chi connectivity index (χ1) is 14.5. The maximum atomic E-state index is 13.3. The van der Waals surface area contributed by atoms with Crippen LogP contribution in [-0.2, 0) is 0 Å². The van der Waals surface area contributed by atoms with Gasteiger partial charge >= 0.3 is 6.03 Å². The molecule has 3 aromatic carbocycles. The third-order valence-electron chi connectivity index (χ3n) is 4.99. The molecule has 1 fully saturated rings. The molecule has 0 spiro atoms. The van der Waals surface area contributed by atoms with Crippen molar-refractivity contribution in [2.75, 3.05) is 17.2 Å². The van der Waals surface area contributed by atoms with Gasteiger partial charge < -0.3 is 15.5 Å². The number of hydrogen-bond donors (Lipinski definition) is 2. The van der Waals surface area contributed by atoms with Gasteiger partial charge in [-0.2, -0.15) is 0 Å². The molecule has 1 aliphatic heterocycles. The van der Waals surface area contributed by atoms with Gasteiger partial charge in [0.2, 0.25) is 0 Å². The molecule has 4 rings (SSSR count). The maximum Gasteiger partial charge on any atom is 0.322 e. The van der Waals surface area contributed by atoms with Crippen LogP contribution in [0.15, 0.2) is 72.8 Å². The number of anilines is 2. The summed E-state index contributed by atoms with van der Waals surface area (Å²) in [6, 6.07) is 19.5. The Bertz CT molecular complexity index is 1090. The lowest BCUT2D eigenvalue weighted by atomic mass is 9.95. The number of nitrogens with one attached hydrogen (secondary N) is 2. The predicted molar refractivity (Wildman–Crippen MR) is 115 cm³/mol. The number of rotatable bonds is 4. The second-order valence-corrected chi connectivity index (χ2v) is 7.46. The molecule has 0 aliphatic carbocycles. The van der Waals surface area contributed by atoms with Crippen LogP contribution < -0.4 is 10.6 Å². The number of urea groups is 1. The summed E-state index contributed by atoms with van der Waals surface area (Å²) in [6.45, 7) is 0.652. The van der Waals surface area contributed by atoms with Gasteiger partial charge in [0.25, 0.3) is 5.91 Å². The van der Waals surface area contributed by atoms with E-state index >= 15 is 0 Å². The molecule has 152 valence electrons. The normalized spacial score (nSPS) is 15.3. The minimum absolute atomic E-state index is 0.00160. The zero-order chi connectivity index (χ0) is 21.1. The highest BCUT2D eigenvalue weighted by Gasteiger charge is 2.33. The lowest BCUT2D eigenvalue weighted by Gasteiger charge is -2.41. The third kappa shape index (κ3) is 4.44. The van der Waals surface area contributed by atoms with E-state index in [1.54, 1.807) is 35.2 Å². The second-order valence-electron chi connectivity index (χ2n) is 7.02. The molecule has 30 heavy (non-hydrogen) atoms. The fourth-order valence-electron chi connectivity index (χ4n) is 3.36. The standard InChI is InChI=1S/C23H19ClFN3O2/c24-17-9-7-15(8-10-17)21-11-12-28(21)23(30)27-19-5-1-3-16(13-19)22(29)26-20-6-2-4-18(25)14-20/h1-10,13-14,21H,11-12H2,(H,26,29)(H,27,30)/t21-/m1/s1. The molecule has 0 radical (unpaired) electrons. The topological polar surface area (TPSA) is 61.4 Å². The summed E-state index contributed by atoms with van der Waals surface area (Å²) < 4.78 is 13.3. The second kappa shape index (κ2) is 8.55. The maximum absolute atomic E-state index is 13.3. The number of halogens is 2. The molecule has 1 heterocycles. The SMILES string of the molecule is O=C(Nc1cccc(F)c1)c1cccc(NC(=O)N2CC[C@@H]2c2ccc(Cl)cc2)c1. The summed E-state index contributed by atoms with van der Waals surface area (Å²) in [7, 11) is 0. The number of carbonyl (C=O) groups is 2. The number of carbonyl (C=O) groups excluding carboxylic acids is 2. The molecule has 0 aromatic heterocycles. The van der Waals surface area contributed by atoms with Gasteiger partial charge in [0, 0.05) is 28.5 Å². The molecule has 3 amide bonds. The van der Waals surface area contributed by atoms with E-state index in [-0.39, 0.29) is 18.0 Å². The molecule has 3 aromatic rings. The summed E-state index contributed by atoms with van der Waals surface area (Å²) in [5.41, 5.74) is 2.26. The van der Waals surface area contributed by atoms with E-state index in [9.17, 15) is 14.0 Å². The third-order valence-corrected chi connectivity index (χ3v) is 5.25. The zero-order valence-corrected chi connectivity index (χ0v) is 16.7. The van der Waals surface area contributed by atoms with Crippen molar-refractivity contribution in [1.29, 1.82) is 0 Å². The first kappa shape index (κ1) is 19.9. The van der Waals surface area contributed by atoms with Gasteiger partial charge in [-0.15, -0.1) is 0 Å². The smallest absolute Gasteiger partial charge is 0.322 e. The Morgan fingerprint density at radius 1 is 0.933 bits per heavy atom. The van der Waals surface area contributed by atoms with Crippen LogP contribution in [0, 0.1) is 5.82 Å². The predicted octanol–water partition coefficient (Wildman–Crippen LogP) is 5.71. The Labute approximate surface area is 178 Å². The summed E-state index contributed by atoms with van der Waals surface area (Å²) >= 11 is 5.94. The minimum Gasteiger partial charge on any atom is -0.322 e. The Hall–Kier alpha value is -3.38. The molecule has 0 saturated carbocycles. The Morgan fingerprint density at radius 2 is 1.63 bits per heavy atom. The van der Waals surface area contributed by atoms with E-state index in [0.29, 0.717) is 28.5 Å². The minimum atomic E-state index is -0.432. The van der Waals surface area contributed by atoms with Crippen molar-refractivity contribution in [3.8, 4) is 0 Å². The van der Waals surface area contributed by atoms with E-state index in [1.165, 1.54) is 18.2 Å². The molecular formula is C23H19ClFN3O2. The summed E-state index contributed by atoms with van der Waals surface area (Å²) in [5, 5.41) is 6.14. The molecule has 1 saturated heterocycles. The highest BCUT2D eigenvalue weighted by molar-refractivity contribution is 6.30. The van der Waals surface area contributed by atoms with E-state index in [2.05, 4.69) is 10.6 Å². The molecule has 0 unspecified atom stereocenters. The van der Waals surface area contributed by atoms with Crippen LogP contribution in [0.2, 0.25) is 5.02 Å². The fraction of sp³-hybridized carbons (Fsp3) is 0.130. The molecule has 2 N–H and O–H groups in total. The van der Waals surface area contributed by atoms with Crippen LogP contribution in [0.3, 0.4) is 0 Å². The van der Waals surface area contributed by atoms with E-state index in [0.717, 1.165) is 12.0 Å². The van der Waals surface area contributed by atoms with Gasteiger partial charge in [-0.25, -0.2) is 9.18 Å². The lowest BCUT2D eigenvalue weighted by Crippen LogP contribution is -2.47. The Kier molecular flexibility index (Phi) is 5.68. The number of hydrogen-bond acceptors (Lipinski definition) is 2. The molecule has 1 aliphatic rings. The zero-order valence-electron chi connectivity index (χ0n) is 15.9.